The molecule has 1 fully saturated rings. The summed E-state index contributed by atoms with van der Waals surface area (Å²) in [4.78, 5) is 24.4. The summed E-state index contributed by atoms with van der Waals surface area (Å²) >= 11 is 0. The average molecular weight is 273 g/mol. The van der Waals surface area contributed by atoms with Crippen LogP contribution in [0.3, 0.4) is 0 Å². The van der Waals surface area contributed by atoms with Crippen molar-refractivity contribution in [2.24, 2.45) is 5.92 Å². The molecule has 0 radical (unpaired) electrons. The number of ketones is 1. The molecule has 2 aliphatic heterocycles. The van der Waals surface area contributed by atoms with Crippen molar-refractivity contribution in [1.82, 2.24) is 0 Å². The van der Waals surface area contributed by atoms with E-state index in [2.05, 4.69) is 5.32 Å². The molecule has 0 spiro atoms. The van der Waals surface area contributed by atoms with E-state index in [0.29, 0.717) is 12.2 Å². The number of hydrogen-bond donors (Lipinski definition) is 1. The molecule has 0 saturated carbocycles. The molecule has 2 unspecified atom stereocenters. The third kappa shape index (κ3) is 1.95. The number of Topliss-reactive ketones (excluding diaryl/α,β-unsaturated/α-hetero) is 1. The van der Waals surface area contributed by atoms with Crippen LogP contribution in [-0.2, 0) is 14.9 Å². The Bertz CT molecular complexity index is 591. The first-order valence-corrected chi connectivity index (χ1v) is 7.01. The summed E-state index contributed by atoms with van der Waals surface area (Å²) in [6, 6.07) is 5.48. The average Bonchev–Trinajstić information content (AvgIpc) is 2.92. The largest absolute Gasteiger partial charge is 0.378 e. The van der Waals surface area contributed by atoms with Crippen molar-refractivity contribution in [3.8, 4) is 0 Å². The second kappa shape index (κ2) is 4.42. The van der Waals surface area contributed by atoms with Gasteiger partial charge in [0.2, 0.25) is 5.91 Å². The van der Waals surface area contributed by atoms with Crippen molar-refractivity contribution < 1.29 is 14.3 Å². The van der Waals surface area contributed by atoms with Crippen LogP contribution in [0.1, 0.15) is 43.1 Å². The second-order valence-electron chi connectivity index (χ2n) is 6.28. The van der Waals surface area contributed by atoms with Crippen molar-refractivity contribution in [2.45, 2.75) is 38.7 Å². The van der Waals surface area contributed by atoms with E-state index in [1.807, 2.05) is 32.9 Å². The van der Waals surface area contributed by atoms with E-state index in [0.717, 1.165) is 17.7 Å². The van der Waals surface area contributed by atoms with Crippen molar-refractivity contribution in [2.75, 3.05) is 11.9 Å². The van der Waals surface area contributed by atoms with E-state index in [1.54, 1.807) is 6.07 Å². The molecule has 1 amide bonds. The van der Waals surface area contributed by atoms with Gasteiger partial charge in [-0.1, -0.05) is 0 Å². The van der Waals surface area contributed by atoms with Gasteiger partial charge >= 0.3 is 0 Å². The predicted molar refractivity (Wildman–Crippen MR) is 75.9 cm³/mol. The number of benzene rings is 1. The van der Waals surface area contributed by atoms with Crippen LogP contribution in [0.15, 0.2) is 18.2 Å². The van der Waals surface area contributed by atoms with Crippen molar-refractivity contribution in [3.05, 3.63) is 29.3 Å². The van der Waals surface area contributed by atoms with Gasteiger partial charge in [0.15, 0.2) is 5.78 Å². The summed E-state index contributed by atoms with van der Waals surface area (Å²) in [6.07, 6.45) is 0.925. The van der Waals surface area contributed by atoms with Gasteiger partial charge in [-0.2, -0.15) is 0 Å². The molecule has 1 saturated heterocycles. The molecular formula is C16H19NO3. The monoisotopic (exact) mass is 273 g/mol. The topological polar surface area (TPSA) is 55.4 Å². The summed E-state index contributed by atoms with van der Waals surface area (Å²) in [5.41, 5.74) is 1.81. The minimum atomic E-state index is -0.578. The summed E-state index contributed by atoms with van der Waals surface area (Å²) < 4.78 is 5.47. The van der Waals surface area contributed by atoms with Crippen LogP contribution >= 0.6 is 0 Å². The van der Waals surface area contributed by atoms with Crippen LogP contribution in [-0.4, -0.2) is 24.4 Å². The summed E-state index contributed by atoms with van der Waals surface area (Å²) in [5.74, 6) is 0.0402. The van der Waals surface area contributed by atoms with Crippen LogP contribution in [0.5, 0.6) is 0 Å². The highest BCUT2D eigenvalue weighted by Crippen LogP contribution is 2.38. The van der Waals surface area contributed by atoms with Crippen molar-refractivity contribution in [1.29, 1.82) is 0 Å². The van der Waals surface area contributed by atoms with Gasteiger partial charge < -0.3 is 10.1 Å². The van der Waals surface area contributed by atoms with Gasteiger partial charge in [-0.05, 0) is 51.0 Å². The Labute approximate surface area is 118 Å². The highest BCUT2D eigenvalue weighted by atomic mass is 16.5. The SMILES string of the molecule is CC1CC(C(=O)c2ccc3c(c2)C(C)(C)C(=O)N3)CO1. The first-order chi connectivity index (χ1) is 9.39. The molecule has 1 N–H and O–H groups in total. The molecule has 4 heteroatoms. The fourth-order valence-electron chi connectivity index (χ4n) is 2.96. The Morgan fingerprint density at radius 2 is 2.15 bits per heavy atom. The maximum absolute atomic E-state index is 12.5. The highest BCUT2D eigenvalue weighted by molar-refractivity contribution is 6.07. The van der Waals surface area contributed by atoms with E-state index >= 15 is 0 Å². The maximum atomic E-state index is 12.5. The minimum Gasteiger partial charge on any atom is -0.378 e. The number of anilines is 1. The van der Waals surface area contributed by atoms with Gasteiger partial charge in [0.25, 0.3) is 0 Å². The molecule has 1 aromatic carbocycles. The third-order valence-electron chi connectivity index (χ3n) is 4.36. The van der Waals surface area contributed by atoms with Crippen molar-refractivity contribution >= 4 is 17.4 Å². The molecule has 0 bridgehead atoms. The number of fused-ring (bicyclic) bond motifs is 1. The van der Waals surface area contributed by atoms with E-state index in [4.69, 9.17) is 4.74 Å². The lowest BCUT2D eigenvalue weighted by atomic mass is 9.84. The number of carbonyl (C=O) groups is 2. The normalized spacial score (nSPS) is 27.2. The van der Waals surface area contributed by atoms with Crippen LogP contribution < -0.4 is 5.32 Å². The van der Waals surface area contributed by atoms with Crippen LogP contribution in [0.2, 0.25) is 0 Å². The summed E-state index contributed by atoms with van der Waals surface area (Å²) in [6.45, 7) is 6.24. The first-order valence-electron chi connectivity index (χ1n) is 7.01. The fraction of sp³-hybridized carbons (Fsp3) is 0.500. The third-order valence-corrected chi connectivity index (χ3v) is 4.36. The zero-order chi connectivity index (χ0) is 14.5. The second-order valence-corrected chi connectivity index (χ2v) is 6.28. The smallest absolute Gasteiger partial charge is 0.234 e. The number of rotatable bonds is 2. The Hall–Kier alpha value is -1.68. The summed E-state index contributed by atoms with van der Waals surface area (Å²) in [5, 5.41) is 2.86. The lowest BCUT2D eigenvalue weighted by molar-refractivity contribution is -0.119. The number of hydrogen-bond acceptors (Lipinski definition) is 3. The van der Waals surface area contributed by atoms with Crippen LogP contribution in [0, 0.1) is 5.92 Å². The van der Waals surface area contributed by atoms with Gasteiger partial charge in [0.05, 0.1) is 18.1 Å². The molecule has 20 heavy (non-hydrogen) atoms. The zero-order valence-electron chi connectivity index (χ0n) is 12.0. The van der Waals surface area contributed by atoms with Gasteiger partial charge in [-0.25, -0.2) is 0 Å². The molecule has 2 aliphatic rings. The van der Waals surface area contributed by atoms with Crippen molar-refractivity contribution in [3.63, 3.8) is 0 Å². The summed E-state index contributed by atoms with van der Waals surface area (Å²) in [7, 11) is 0. The number of ether oxygens (including phenoxy) is 1. The lowest BCUT2D eigenvalue weighted by Crippen LogP contribution is -2.27. The van der Waals surface area contributed by atoms with Crippen LogP contribution in [0.4, 0.5) is 5.69 Å². The lowest BCUT2D eigenvalue weighted by Gasteiger charge is -2.16. The van der Waals surface area contributed by atoms with E-state index in [1.165, 1.54) is 0 Å². The molecular weight excluding hydrogens is 254 g/mol. The minimum absolute atomic E-state index is 0.0186. The van der Waals surface area contributed by atoms with Gasteiger partial charge in [-0.3, -0.25) is 9.59 Å². The highest BCUT2D eigenvalue weighted by Gasteiger charge is 2.39. The van der Waals surface area contributed by atoms with Gasteiger partial charge in [-0.15, -0.1) is 0 Å². The standard InChI is InChI=1S/C16H19NO3/c1-9-6-11(8-20-9)14(18)10-4-5-13-12(7-10)16(2,3)15(19)17-13/h4-5,7,9,11H,6,8H2,1-3H3,(H,17,19). The van der Waals surface area contributed by atoms with Gasteiger partial charge in [0.1, 0.15) is 0 Å². The Morgan fingerprint density at radius 1 is 1.40 bits per heavy atom. The molecule has 2 heterocycles. The first kappa shape index (κ1) is 13.3. The molecule has 0 aromatic heterocycles. The Balaban J connectivity index is 1.92. The molecule has 0 aliphatic carbocycles. The molecule has 4 nitrogen and oxygen atoms in total. The molecule has 1 aromatic rings. The fourth-order valence-corrected chi connectivity index (χ4v) is 2.96. The van der Waals surface area contributed by atoms with Gasteiger partial charge in [0, 0.05) is 17.2 Å². The molecule has 106 valence electrons. The number of carbonyl (C=O) groups excluding carboxylic acids is 2. The Morgan fingerprint density at radius 3 is 2.80 bits per heavy atom. The van der Waals surface area contributed by atoms with E-state index in [-0.39, 0.29) is 23.7 Å². The quantitative estimate of drug-likeness (QED) is 0.842. The number of amides is 1. The number of nitrogens with one attached hydrogen (secondary N) is 1. The molecule has 3 rings (SSSR count). The van der Waals surface area contributed by atoms with E-state index in [9.17, 15) is 9.59 Å². The van der Waals surface area contributed by atoms with E-state index < -0.39 is 5.41 Å². The zero-order valence-corrected chi connectivity index (χ0v) is 12.0. The Kier molecular flexibility index (Phi) is 2.94. The molecule has 2 atom stereocenters. The maximum Gasteiger partial charge on any atom is 0.234 e. The predicted octanol–water partition coefficient (Wildman–Crippen LogP) is 2.52. The van der Waals surface area contributed by atoms with Crippen LogP contribution in [0.25, 0.3) is 0 Å².